The molecule has 1 aliphatic rings. The minimum atomic E-state index is -3.40. The summed E-state index contributed by atoms with van der Waals surface area (Å²) in [5.41, 5.74) is 0. The van der Waals surface area contributed by atoms with Gasteiger partial charge in [0.2, 0.25) is 10.0 Å². The Balaban J connectivity index is 2.20. The summed E-state index contributed by atoms with van der Waals surface area (Å²) >= 11 is 0. The van der Waals surface area contributed by atoms with Crippen molar-refractivity contribution in [1.29, 1.82) is 0 Å². The fourth-order valence-electron chi connectivity index (χ4n) is 1.62. The molecule has 16 heavy (non-hydrogen) atoms. The third-order valence-electron chi connectivity index (χ3n) is 2.66. The van der Waals surface area contributed by atoms with Gasteiger partial charge in [0, 0.05) is 32.4 Å². The maximum Gasteiger partial charge on any atom is 0.245 e. The first-order valence-electron chi connectivity index (χ1n) is 5.12. The Kier molecular flexibility index (Phi) is 3.22. The van der Waals surface area contributed by atoms with Crippen LogP contribution in [0, 0.1) is 6.20 Å². The molecule has 1 aromatic rings. The lowest BCUT2D eigenvalue weighted by Crippen LogP contribution is -2.47. The van der Waals surface area contributed by atoms with Crippen molar-refractivity contribution in [2.45, 2.75) is 4.90 Å². The molecule has 0 bridgehead atoms. The number of piperazine rings is 1. The average Bonchev–Trinajstić information content (AvgIpc) is 2.31. The van der Waals surface area contributed by atoms with Crippen LogP contribution in [0.15, 0.2) is 23.2 Å². The molecule has 0 saturated carbocycles. The Morgan fingerprint density at radius 2 is 2.00 bits per heavy atom. The van der Waals surface area contributed by atoms with Crippen LogP contribution in [0.1, 0.15) is 0 Å². The van der Waals surface area contributed by atoms with Gasteiger partial charge in [-0.15, -0.1) is 0 Å². The van der Waals surface area contributed by atoms with Crippen molar-refractivity contribution >= 4 is 10.0 Å². The summed E-state index contributed by atoms with van der Waals surface area (Å²) in [6.45, 7) is 2.59. The van der Waals surface area contributed by atoms with Gasteiger partial charge in [-0.2, -0.15) is 4.31 Å². The second-order valence-electron chi connectivity index (χ2n) is 3.82. The van der Waals surface area contributed by atoms with Crippen molar-refractivity contribution in [3.8, 4) is 0 Å². The molecule has 2 rings (SSSR count). The minimum Gasteiger partial charge on any atom is -0.304 e. The number of hydrogen-bond donors (Lipinski definition) is 0. The summed E-state index contributed by atoms with van der Waals surface area (Å²) in [4.78, 5) is 5.98. The lowest BCUT2D eigenvalue weighted by atomic mass is 10.4. The number of aromatic nitrogens is 1. The van der Waals surface area contributed by atoms with Crippen molar-refractivity contribution in [2.24, 2.45) is 0 Å². The maximum atomic E-state index is 12.1. The van der Waals surface area contributed by atoms with Crippen molar-refractivity contribution in [2.75, 3.05) is 33.2 Å². The molecule has 0 unspecified atom stereocenters. The quantitative estimate of drug-likeness (QED) is 0.719. The van der Waals surface area contributed by atoms with Gasteiger partial charge < -0.3 is 4.90 Å². The number of hydrogen-bond acceptors (Lipinski definition) is 4. The lowest BCUT2D eigenvalue weighted by Gasteiger charge is -2.31. The zero-order chi connectivity index (χ0) is 11.6. The molecule has 0 amide bonds. The third kappa shape index (κ3) is 2.23. The second kappa shape index (κ2) is 4.48. The number of nitrogens with zero attached hydrogens (tertiary/aromatic N) is 3. The number of sulfonamides is 1. The van der Waals surface area contributed by atoms with Gasteiger partial charge in [0.25, 0.3) is 0 Å². The molecule has 0 aliphatic carbocycles. The fraction of sp³-hybridized carbons (Fsp3) is 0.500. The standard InChI is InChI=1S/C10H14N3O2S/c1-12-5-7-13(8-6-12)16(14,15)10-3-2-4-11-9-10/h2-4H,5-8H2,1H3. The van der Waals surface area contributed by atoms with E-state index >= 15 is 0 Å². The van der Waals surface area contributed by atoms with Crippen molar-refractivity contribution in [3.63, 3.8) is 0 Å². The van der Waals surface area contributed by atoms with Crippen LogP contribution >= 0.6 is 0 Å². The van der Waals surface area contributed by atoms with Gasteiger partial charge in [0.05, 0.1) is 0 Å². The van der Waals surface area contributed by atoms with Gasteiger partial charge in [-0.1, -0.05) is 0 Å². The third-order valence-corrected chi connectivity index (χ3v) is 4.49. The van der Waals surface area contributed by atoms with Crippen LogP contribution in [-0.4, -0.2) is 55.8 Å². The molecule has 6 heteroatoms. The molecule has 1 radical (unpaired) electrons. The monoisotopic (exact) mass is 240 g/mol. The van der Waals surface area contributed by atoms with Gasteiger partial charge in [0.1, 0.15) is 11.1 Å². The highest BCUT2D eigenvalue weighted by Gasteiger charge is 2.27. The highest BCUT2D eigenvalue weighted by Crippen LogP contribution is 2.15. The first-order chi connectivity index (χ1) is 7.60. The fourth-order valence-corrected chi connectivity index (χ4v) is 2.96. The van der Waals surface area contributed by atoms with E-state index in [0.29, 0.717) is 13.1 Å². The van der Waals surface area contributed by atoms with Crippen molar-refractivity contribution in [3.05, 3.63) is 24.5 Å². The lowest BCUT2D eigenvalue weighted by molar-refractivity contribution is 0.222. The summed E-state index contributed by atoms with van der Waals surface area (Å²) in [6, 6.07) is 3.14. The maximum absolute atomic E-state index is 12.1. The SMILES string of the molecule is CN1CCN(S(=O)(=O)c2[c]nccc2)CC1. The summed E-state index contributed by atoms with van der Waals surface area (Å²) in [5.74, 6) is 0. The molecular formula is C10H14N3O2S. The molecule has 0 N–H and O–H groups in total. The van der Waals surface area contributed by atoms with E-state index in [-0.39, 0.29) is 4.90 Å². The smallest absolute Gasteiger partial charge is 0.245 e. The molecule has 0 atom stereocenters. The van der Waals surface area contributed by atoms with Crippen LogP contribution in [0.25, 0.3) is 0 Å². The topological polar surface area (TPSA) is 53.5 Å². The van der Waals surface area contributed by atoms with E-state index < -0.39 is 10.0 Å². The molecular weight excluding hydrogens is 226 g/mol. The average molecular weight is 240 g/mol. The van der Waals surface area contributed by atoms with E-state index in [1.54, 1.807) is 6.07 Å². The Hall–Kier alpha value is -0.980. The van der Waals surface area contributed by atoms with Crippen LogP contribution in [0.5, 0.6) is 0 Å². The largest absolute Gasteiger partial charge is 0.304 e. The van der Waals surface area contributed by atoms with Gasteiger partial charge in [0.15, 0.2) is 0 Å². The normalized spacial score (nSPS) is 19.8. The zero-order valence-corrected chi connectivity index (χ0v) is 9.94. The van der Waals surface area contributed by atoms with E-state index in [9.17, 15) is 8.42 Å². The Labute approximate surface area is 95.8 Å². The number of rotatable bonds is 2. The predicted molar refractivity (Wildman–Crippen MR) is 59.3 cm³/mol. The van der Waals surface area contributed by atoms with Crippen LogP contribution in [0.3, 0.4) is 0 Å². The van der Waals surface area contributed by atoms with Gasteiger partial charge in [-0.3, -0.25) is 4.98 Å². The molecule has 1 aliphatic heterocycles. The van der Waals surface area contributed by atoms with Crippen LogP contribution in [0.2, 0.25) is 0 Å². The highest BCUT2D eigenvalue weighted by molar-refractivity contribution is 7.89. The van der Waals surface area contributed by atoms with Crippen LogP contribution in [-0.2, 0) is 10.0 Å². The Bertz CT molecular complexity index is 438. The van der Waals surface area contributed by atoms with E-state index in [2.05, 4.69) is 16.1 Å². The summed E-state index contributed by atoms with van der Waals surface area (Å²) < 4.78 is 25.7. The molecule has 1 saturated heterocycles. The van der Waals surface area contributed by atoms with Gasteiger partial charge in [-0.05, 0) is 19.2 Å². The highest BCUT2D eigenvalue weighted by atomic mass is 32.2. The summed E-state index contributed by atoms with van der Waals surface area (Å²) in [6.07, 6.45) is 4.04. The summed E-state index contributed by atoms with van der Waals surface area (Å²) in [5, 5.41) is 0. The Morgan fingerprint density at radius 3 is 2.56 bits per heavy atom. The zero-order valence-electron chi connectivity index (χ0n) is 9.13. The number of likely N-dealkylation sites (N-methyl/N-ethyl adjacent to an activating group) is 1. The molecule has 5 nitrogen and oxygen atoms in total. The van der Waals surface area contributed by atoms with E-state index in [1.807, 2.05) is 7.05 Å². The van der Waals surface area contributed by atoms with E-state index in [0.717, 1.165) is 13.1 Å². The van der Waals surface area contributed by atoms with E-state index in [4.69, 9.17) is 0 Å². The molecule has 1 fully saturated rings. The van der Waals surface area contributed by atoms with Gasteiger partial charge >= 0.3 is 0 Å². The van der Waals surface area contributed by atoms with Crippen LogP contribution < -0.4 is 0 Å². The molecule has 87 valence electrons. The van der Waals surface area contributed by atoms with Crippen LogP contribution in [0.4, 0.5) is 0 Å². The molecule has 0 aromatic carbocycles. The predicted octanol–water partition coefficient (Wildman–Crippen LogP) is -0.182. The van der Waals surface area contributed by atoms with E-state index in [1.165, 1.54) is 16.6 Å². The summed E-state index contributed by atoms with van der Waals surface area (Å²) in [7, 11) is -1.41. The first-order valence-corrected chi connectivity index (χ1v) is 6.56. The molecule has 1 aromatic heterocycles. The molecule has 2 heterocycles. The second-order valence-corrected chi connectivity index (χ2v) is 5.73. The molecule has 0 spiro atoms. The Morgan fingerprint density at radius 1 is 1.31 bits per heavy atom. The first kappa shape index (κ1) is 11.5. The van der Waals surface area contributed by atoms with Gasteiger partial charge in [-0.25, -0.2) is 8.42 Å². The van der Waals surface area contributed by atoms with Crippen molar-refractivity contribution < 1.29 is 8.42 Å². The van der Waals surface area contributed by atoms with Crippen molar-refractivity contribution in [1.82, 2.24) is 14.2 Å². The number of pyridine rings is 1. The minimum absolute atomic E-state index is 0.152.